The molecule has 1 saturated heterocycles. The minimum atomic E-state index is -5.38. The zero-order valence-corrected chi connectivity index (χ0v) is 20.5. The lowest BCUT2D eigenvalue weighted by Crippen LogP contribution is -2.43. The van der Waals surface area contributed by atoms with Crippen molar-refractivity contribution in [2.24, 2.45) is 0 Å². The van der Waals surface area contributed by atoms with Crippen LogP contribution in [0.25, 0.3) is 11.0 Å². The largest absolute Gasteiger partial charge is 0.493 e. The predicted octanol–water partition coefficient (Wildman–Crippen LogP) is -0.946. The highest BCUT2D eigenvalue weighted by atomic mass is 31.3. The van der Waals surface area contributed by atoms with Crippen molar-refractivity contribution in [1.29, 1.82) is 0 Å². The van der Waals surface area contributed by atoms with Gasteiger partial charge in [-0.1, -0.05) is 11.2 Å². The number of aromatic nitrogens is 3. The highest BCUT2D eigenvalue weighted by Crippen LogP contribution is 2.57. The Hall–Kier alpha value is -2.69. The van der Waals surface area contributed by atoms with Gasteiger partial charge in [-0.2, -0.15) is 4.31 Å². The second-order valence-electron chi connectivity index (χ2n) is 7.78. The second-order valence-corrected chi connectivity index (χ2v) is 10.6. The molecule has 4 rings (SSSR count). The van der Waals surface area contributed by atoms with E-state index in [0.717, 1.165) is 21.4 Å². The molecule has 2 aromatic heterocycles. The van der Waals surface area contributed by atoms with Crippen molar-refractivity contribution in [2.75, 3.05) is 13.7 Å². The van der Waals surface area contributed by atoms with E-state index >= 15 is 0 Å². The van der Waals surface area contributed by atoms with E-state index in [1.165, 1.54) is 7.11 Å². The highest BCUT2D eigenvalue weighted by molar-refractivity contribution is 7.60. The molecule has 37 heavy (non-hydrogen) atoms. The molecule has 0 saturated carbocycles. The Labute approximate surface area is 205 Å². The minimum Gasteiger partial charge on any atom is -0.493 e. The molecule has 1 aromatic carbocycles. The Morgan fingerprint density at radius 3 is 2.51 bits per heavy atom. The molecule has 3 heterocycles. The first kappa shape index (κ1) is 27.3. The van der Waals surface area contributed by atoms with Crippen molar-refractivity contribution < 1.29 is 56.9 Å². The van der Waals surface area contributed by atoms with Crippen molar-refractivity contribution in [3.8, 4) is 5.75 Å². The normalized spacial score (nSPS) is 23.8. The van der Waals surface area contributed by atoms with Gasteiger partial charge in [0.15, 0.2) is 12.0 Å². The Morgan fingerprint density at radius 2 is 1.84 bits per heavy atom. The van der Waals surface area contributed by atoms with E-state index in [2.05, 4.69) is 14.0 Å². The summed E-state index contributed by atoms with van der Waals surface area (Å²) in [4.78, 5) is 52.3. The fraction of sp³-hybridized carbons (Fsp3) is 0.389. The molecule has 1 aliphatic heterocycles. The van der Waals surface area contributed by atoms with Crippen LogP contribution in [0.2, 0.25) is 0 Å². The molecule has 1 fully saturated rings. The zero-order chi connectivity index (χ0) is 27.1. The number of phosphoric acid groups is 2. The summed E-state index contributed by atoms with van der Waals surface area (Å²) in [6.45, 7) is -1.28. The van der Waals surface area contributed by atoms with Crippen LogP contribution in [0.15, 0.2) is 44.6 Å². The van der Waals surface area contributed by atoms with E-state index in [1.807, 2.05) is 0 Å². The second kappa shape index (κ2) is 10.2. The van der Waals surface area contributed by atoms with E-state index in [1.54, 1.807) is 18.2 Å². The zero-order valence-electron chi connectivity index (χ0n) is 18.8. The maximum absolute atomic E-state index is 13.1. The van der Waals surface area contributed by atoms with Crippen LogP contribution in [0.1, 0.15) is 11.9 Å². The van der Waals surface area contributed by atoms with Crippen molar-refractivity contribution in [3.05, 3.63) is 57.0 Å². The molecule has 1 aliphatic rings. The fourth-order valence-electron chi connectivity index (χ4n) is 3.70. The van der Waals surface area contributed by atoms with Gasteiger partial charge in [-0.05, 0) is 12.1 Å². The molecule has 0 amide bonds. The average Bonchev–Trinajstić information content (AvgIpc) is 3.35. The molecule has 0 bridgehead atoms. The molecule has 19 heteroatoms. The van der Waals surface area contributed by atoms with Crippen LogP contribution < -0.4 is 16.0 Å². The summed E-state index contributed by atoms with van der Waals surface area (Å²) in [5.41, 5.74) is -1.14. The Bertz CT molecular complexity index is 1510. The predicted molar refractivity (Wildman–Crippen MR) is 119 cm³/mol. The van der Waals surface area contributed by atoms with Crippen molar-refractivity contribution in [1.82, 2.24) is 14.3 Å². The van der Waals surface area contributed by atoms with Gasteiger partial charge in [0.1, 0.15) is 24.0 Å². The molecule has 202 valence electrons. The first-order chi connectivity index (χ1) is 17.3. The molecule has 5 N–H and O–H groups in total. The van der Waals surface area contributed by atoms with Crippen LogP contribution in [0, 0.1) is 0 Å². The molecule has 17 nitrogen and oxygen atoms in total. The maximum Gasteiger partial charge on any atom is 0.481 e. The number of benzene rings is 1. The Morgan fingerprint density at radius 1 is 1.11 bits per heavy atom. The molecular weight excluding hydrogens is 544 g/mol. The number of nitrogens with zero attached hydrogens (tertiary/aromatic N) is 3. The summed E-state index contributed by atoms with van der Waals surface area (Å²) >= 11 is 0. The van der Waals surface area contributed by atoms with Crippen LogP contribution in [-0.2, 0) is 29.2 Å². The van der Waals surface area contributed by atoms with Crippen molar-refractivity contribution in [2.45, 2.75) is 31.1 Å². The van der Waals surface area contributed by atoms with Gasteiger partial charge in [0, 0.05) is 12.3 Å². The summed E-state index contributed by atoms with van der Waals surface area (Å²) in [5.74, 6) is 0.386. The van der Waals surface area contributed by atoms with Gasteiger partial charge >= 0.3 is 21.3 Å². The number of hydrogen-bond donors (Lipinski definition) is 5. The molecule has 0 radical (unpaired) electrons. The maximum atomic E-state index is 13.1. The number of phosphoric ester groups is 1. The lowest BCUT2D eigenvalue weighted by molar-refractivity contribution is -0.0547. The van der Waals surface area contributed by atoms with Gasteiger partial charge in [-0.25, -0.2) is 13.9 Å². The van der Waals surface area contributed by atoms with E-state index in [4.69, 9.17) is 23.8 Å². The quantitative estimate of drug-likeness (QED) is 0.197. The summed E-state index contributed by atoms with van der Waals surface area (Å²) in [6, 6.07) is 5.96. The lowest BCUT2D eigenvalue weighted by Gasteiger charge is -2.19. The number of aliphatic hydroxyl groups excluding tert-OH is 2. The van der Waals surface area contributed by atoms with E-state index < -0.39 is 58.0 Å². The van der Waals surface area contributed by atoms with E-state index in [-0.39, 0.29) is 12.2 Å². The molecular formula is C18H21N3O14P2. The molecule has 0 spiro atoms. The third-order valence-corrected chi connectivity index (χ3v) is 7.53. The summed E-state index contributed by atoms with van der Waals surface area (Å²) in [5, 5.41) is 25.1. The minimum absolute atomic E-state index is 0.230. The Kier molecular flexibility index (Phi) is 7.56. The van der Waals surface area contributed by atoms with Gasteiger partial charge in [0.25, 0.3) is 5.56 Å². The molecule has 5 atom stereocenters. The van der Waals surface area contributed by atoms with Crippen molar-refractivity contribution in [3.63, 3.8) is 0 Å². The average molecular weight is 565 g/mol. The monoisotopic (exact) mass is 565 g/mol. The number of para-hydroxylation sites is 1. The number of rotatable bonds is 9. The topological polar surface area (TPSA) is 242 Å². The third-order valence-electron chi connectivity index (χ3n) is 5.38. The van der Waals surface area contributed by atoms with Crippen LogP contribution in [-0.4, -0.2) is 71.2 Å². The summed E-state index contributed by atoms with van der Waals surface area (Å²) < 4.78 is 47.9. The number of aliphatic hydroxyl groups is 2. The van der Waals surface area contributed by atoms with Gasteiger partial charge in [0.2, 0.25) is 5.58 Å². The van der Waals surface area contributed by atoms with E-state index in [9.17, 15) is 33.8 Å². The van der Waals surface area contributed by atoms with Crippen LogP contribution >= 0.6 is 15.6 Å². The number of fused-ring (bicyclic) bond motifs is 1. The first-order valence-electron chi connectivity index (χ1n) is 10.3. The van der Waals surface area contributed by atoms with Crippen molar-refractivity contribution >= 4 is 26.6 Å². The molecule has 0 aliphatic carbocycles. The number of hydrogen-bond acceptors (Lipinski definition) is 12. The third kappa shape index (κ3) is 5.76. The highest BCUT2D eigenvalue weighted by Gasteiger charge is 2.46. The van der Waals surface area contributed by atoms with Crippen LogP contribution in [0.4, 0.5) is 0 Å². The van der Waals surface area contributed by atoms with E-state index in [0.29, 0.717) is 16.7 Å². The van der Waals surface area contributed by atoms with Crippen LogP contribution in [0.5, 0.6) is 5.75 Å². The van der Waals surface area contributed by atoms with Gasteiger partial charge in [-0.3, -0.25) is 18.5 Å². The number of methoxy groups -OCH3 is 1. The lowest BCUT2D eigenvalue weighted by atomic mass is 10.1. The number of ether oxygens (including phenoxy) is 2. The van der Waals surface area contributed by atoms with Gasteiger partial charge < -0.3 is 38.9 Å². The van der Waals surface area contributed by atoms with Gasteiger partial charge in [-0.15, -0.1) is 0 Å². The molecule has 3 unspecified atom stereocenters. The summed E-state index contributed by atoms with van der Waals surface area (Å²) in [7, 11) is -9.22. The SMILES string of the molecule is COc1cccc2c(Cn3c(=O)ccn([C@@H]4O[C@H](COP(=O)(O)OP(=O)(O)O)C(O)C4O)c3=O)noc12. The smallest absolute Gasteiger partial charge is 0.481 e. The van der Waals surface area contributed by atoms with Gasteiger partial charge in [0.05, 0.1) is 25.6 Å². The summed E-state index contributed by atoms with van der Waals surface area (Å²) in [6.07, 6.45) is -5.62. The standard InChI is InChI=1S/C18H21N3O14P2/c1-31-11-4-2-3-9-10(19-34-16(9)11)7-21-13(22)5-6-20(18(21)25)17-15(24)14(23)12(33-17)8-32-37(29,30)35-36(26,27)28/h2-6,12,14-15,17,23-24H,7-8H2,1H3,(H,29,30)(H2,26,27,28)/t12-,14?,15?,17-/m1/s1. The van der Waals surface area contributed by atoms with Crippen LogP contribution in [0.3, 0.4) is 0 Å². The Balaban J connectivity index is 1.58. The molecule has 3 aromatic rings. The first-order valence-corrected chi connectivity index (χ1v) is 13.3. The fourth-order valence-corrected chi connectivity index (χ4v) is 5.30.